The van der Waals surface area contributed by atoms with Gasteiger partial charge in [-0.05, 0) is 45.0 Å². The number of hydrogen-bond acceptors (Lipinski definition) is 3. The van der Waals surface area contributed by atoms with E-state index in [1.165, 1.54) is 0 Å². The molecule has 4 heteroatoms. The maximum atomic E-state index is 11.3. The molecule has 0 aliphatic carbocycles. The predicted molar refractivity (Wildman–Crippen MR) is 74.1 cm³/mol. The normalized spacial score (nSPS) is 10.4. The summed E-state index contributed by atoms with van der Waals surface area (Å²) in [6.45, 7) is 6.20. The van der Waals surface area contributed by atoms with Gasteiger partial charge in [-0.25, -0.2) is 4.79 Å². The Labute approximate surface area is 114 Å². The van der Waals surface area contributed by atoms with Crippen molar-refractivity contribution in [3.05, 3.63) is 29.8 Å². The van der Waals surface area contributed by atoms with Crippen molar-refractivity contribution in [2.45, 2.75) is 26.4 Å². The monoisotopic (exact) mass is 261 g/mol. The fourth-order valence-electron chi connectivity index (χ4n) is 1.28. The molecule has 0 heterocycles. The van der Waals surface area contributed by atoms with Gasteiger partial charge >= 0.3 is 6.09 Å². The van der Waals surface area contributed by atoms with Crippen molar-refractivity contribution in [1.82, 2.24) is 5.32 Å². The second kappa shape index (κ2) is 6.69. The molecule has 19 heavy (non-hydrogen) atoms. The van der Waals surface area contributed by atoms with E-state index >= 15 is 0 Å². The van der Waals surface area contributed by atoms with Crippen molar-refractivity contribution in [2.75, 3.05) is 13.2 Å². The van der Waals surface area contributed by atoms with E-state index in [0.717, 1.165) is 5.56 Å². The zero-order valence-corrected chi connectivity index (χ0v) is 11.5. The van der Waals surface area contributed by atoms with Gasteiger partial charge in [0.1, 0.15) is 18.0 Å². The van der Waals surface area contributed by atoms with Gasteiger partial charge in [-0.3, -0.25) is 0 Å². The molecule has 1 amide bonds. The Bertz CT molecular complexity index is 452. The van der Waals surface area contributed by atoms with E-state index in [9.17, 15) is 4.79 Å². The van der Waals surface area contributed by atoms with Crippen LogP contribution in [-0.2, 0) is 4.74 Å². The molecule has 1 rings (SSSR count). The first kappa shape index (κ1) is 14.9. The van der Waals surface area contributed by atoms with Gasteiger partial charge in [-0.15, -0.1) is 6.42 Å². The highest BCUT2D eigenvalue weighted by molar-refractivity contribution is 5.67. The number of hydrogen-bond donors (Lipinski definition) is 1. The first-order valence-electron chi connectivity index (χ1n) is 6.07. The highest BCUT2D eigenvalue weighted by Crippen LogP contribution is 2.11. The highest BCUT2D eigenvalue weighted by Gasteiger charge is 2.15. The van der Waals surface area contributed by atoms with Crippen LogP contribution in [0.3, 0.4) is 0 Å². The van der Waals surface area contributed by atoms with Crippen LogP contribution < -0.4 is 10.1 Å². The summed E-state index contributed by atoms with van der Waals surface area (Å²) < 4.78 is 10.5. The van der Waals surface area contributed by atoms with Crippen LogP contribution in [0.15, 0.2) is 24.3 Å². The Morgan fingerprint density at radius 3 is 2.47 bits per heavy atom. The van der Waals surface area contributed by atoms with Gasteiger partial charge in [0.15, 0.2) is 0 Å². The number of ether oxygens (including phenoxy) is 2. The molecule has 0 bridgehead atoms. The number of carbonyl (C=O) groups excluding carboxylic acids is 1. The quantitative estimate of drug-likeness (QED) is 0.669. The van der Waals surface area contributed by atoms with E-state index in [1.54, 1.807) is 24.3 Å². The predicted octanol–water partition coefficient (Wildman–Crippen LogP) is 2.57. The molecule has 1 aromatic carbocycles. The van der Waals surface area contributed by atoms with Gasteiger partial charge in [0, 0.05) is 5.56 Å². The minimum absolute atomic E-state index is 0.370. The molecule has 1 aromatic rings. The van der Waals surface area contributed by atoms with E-state index in [4.69, 9.17) is 15.9 Å². The van der Waals surface area contributed by atoms with Crippen LogP contribution in [0, 0.1) is 12.3 Å². The zero-order valence-electron chi connectivity index (χ0n) is 11.5. The first-order chi connectivity index (χ1) is 8.90. The van der Waals surface area contributed by atoms with Crippen LogP contribution in [0.25, 0.3) is 0 Å². The first-order valence-corrected chi connectivity index (χ1v) is 6.07. The maximum absolute atomic E-state index is 11.3. The lowest BCUT2D eigenvalue weighted by molar-refractivity contribution is 0.0520. The molecule has 0 saturated carbocycles. The van der Waals surface area contributed by atoms with E-state index in [2.05, 4.69) is 11.2 Å². The fraction of sp³-hybridized carbons (Fsp3) is 0.400. The maximum Gasteiger partial charge on any atom is 0.407 e. The van der Waals surface area contributed by atoms with E-state index in [1.807, 2.05) is 20.8 Å². The topological polar surface area (TPSA) is 47.6 Å². The summed E-state index contributed by atoms with van der Waals surface area (Å²) in [4.78, 5) is 11.3. The van der Waals surface area contributed by atoms with Crippen LogP contribution in [-0.4, -0.2) is 24.8 Å². The van der Waals surface area contributed by atoms with Crippen molar-refractivity contribution >= 4 is 6.09 Å². The minimum Gasteiger partial charge on any atom is -0.492 e. The molecular weight excluding hydrogens is 242 g/mol. The SMILES string of the molecule is C#Cc1ccc(OCCNC(=O)OC(C)(C)C)cc1. The number of nitrogens with one attached hydrogen (secondary N) is 1. The second-order valence-corrected chi connectivity index (χ2v) is 4.95. The van der Waals surface area contributed by atoms with Gasteiger partial charge < -0.3 is 14.8 Å². The highest BCUT2D eigenvalue weighted by atomic mass is 16.6. The van der Waals surface area contributed by atoms with Gasteiger partial charge in [-0.2, -0.15) is 0 Å². The average molecular weight is 261 g/mol. The second-order valence-electron chi connectivity index (χ2n) is 4.95. The number of benzene rings is 1. The Balaban J connectivity index is 2.24. The van der Waals surface area contributed by atoms with Crippen LogP contribution >= 0.6 is 0 Å². The molecule has 0 aliphatic rings. The number of terminal acetylenes is 1. The molecule has 1 N–H and O–H groups in total. The summed E-state index contributed by atoms with van der Waals surface area (Å²) in [5, 5.41) is 2.61. The largest absolute Gasteiger partial charge is 0.492 e. The third-order valence-corrected chi connectivity index (χ3v) is 2.06. The van der Waals surface area contributed by atoms with Crippen LogP contribution in [0.2, 0.25) is 0 Å². The zero-order chi connectivity index (χ0) is 14.3. The molecule has 4 nitrogen and oxygen atoms in total. The lowest BCUT2D eigenvalue weighted by atomic mass is 10.2. The molecule has 0 unspecified atom stereocenters. The summed E-state index contributed by atoms with van der Waals surface area (Å²) in [5.74, 6) is 3.24. The Kier molecular flexibility index (Phi) is 5.25. The van der Waals surface area contributed by atoms with Gasteiger partial charge in [0.05, 0.1) is 6.54 Å². The van der Waals surface area contributed by atoms with Crippen molar-refractivity contribution in [3.8, 4) is 18.1 Å². The van der Waals surface area contributed by atoms with Crippen LogP contribution in [0.1, 0.15) is 26.3 Å². The summed E-state index contributed by atoms with van der Waals surface area (Å²) in [5.41, 5.74) is 0.315. The standard InChI is InChI=1S/C15H19NO3/c1-5-12-6-8-13(9-7-12)18-11-10-16-14(17)19-15(2,3)4/h1,6-9H,10-11H2,2-4H3,(H,16,17). The molecule has 0 aliphatic heterocycles. The molecule has 0 radical (unpaired) electrons. The van der Waals surface area contributed by atoms with Crippen molar-refractivity contribution in [2.24, 2.45) is 0 Å². The summed E-state index contributed by atoms with van der Waals surface area (Å²) >= 11 is 0. The van der Waals surface area contributed by atoms with Crippen LogP contribution in [0.5, 0.6) is 5.75 Å². The van der Waals surface area contributed by atoms with Gasteiger partial charge in [0.2, 0.25) is 0 Å². The van der Waals surface area contributed by atoms with E-state index < -0.39 is 11.7 Å². The lowest BCUT2D eigenvalue weighted by Crippen LogP contribution is -2.34. The summed E-state index contributed by atoms with van der Waals surface area (Å²) in [7, 11) is 0. The molecular formula is C15H19NO3. The third-order valence-electron chi connectivity index (χ3n) is 2.06. The number of alkyl carbamates (subject to hydrolysis) is 1. The average Bonchev–Trinajstić information content (AvgIpc) is 2.33. The van der Waals surface area contributed by atoms with E-state index in [0.29, 0.717) is 18.9 Å². The smallest absolute Gasteiger partial charge is 0.407 e. The van der Waals surface area contributed by atoms with Crippen molar-refractivity contribution < 1.29 is 14.3 Å². The Hall–Kier alpha value is -2.15. The molecule has 0 fully saturated rings. The minimum atomic E-state index is -0.490. The number of rotatable bonds is 4. The number of carbonyl (C=O) groups is 1. The summed E-state index contributed by atoms with van der Waals surface area (Å²) in [6, 6.07) is 7.19. The molecule has 102 valence electrons. The molecule has 0 atom stereocenters. The fourth-order valence-corrected chi connectivity index (χ4v) is 1.28. The summed E-state index contributed by atoms with van der Waals surface area (Å²) in [6.07, 6.45) is 4.81. The van der Waals surface area contributed by atoms with E-state index in [-0.39, 0.29) is 0 Å². The van der Waals surface area contributed by atoms with Gasteiger partial charge in [0.25, 0.3) is 0 Å². The Morgan fingerprint density at radius 2 is 1.95 bits per heavy atom. The van der Waals surface area contributed by atoms with Crippen molar-refractivity contribution in [3.63, 3.8) is 0 Å². The van der Waals surface area contributed by atoms with Crippen LogP contribution in [0.4, 0.5) is 4.79 Å². The molecule has 0 spiro atoms. The van der Waals surface area contributed by atoms with Crippen molar-refractivity contribution in [1.29, 1.82) is 0 Å². The Morgan fingerprint density at radius 1 is 1.32 bits per heavy atom. The molecule has 0 aromatic heterocycles. The molecule has 0 saturated heterocycles. The third kappa shape index (κ3) is 6.37. The lowest BCUT2D eigenvalue weighted by Gasteiger charge is -2.19. The van der Waals surface area contributed by atoms with Gasteiger partial charge in [-0.1, -0.05) is 5.92 Å². The number of amides is 1.